The van der Waals surface area contributed by atoms with Crippen LogP contribution in [0.25, 0.3) is 0 Å². The average Bonchev–Trinajstić information content (AvgIpc) is 2.04. The SMILES string of the molecule is CCC(C)(O)CCOC(C)(C)CC. The predicted octanol–water partition coefficient (Wildman–Crippen LogP) is 2.74. The van der Waals surface area contributed by atoms with Crippen LogP contribution in [0.1, 0.15) is 53.9 Å². The third-order valence-corrected chi connectivity index (χ3v) is 2.75. The van der Waals surface area contributed by atoms with Gasteiger partial charge in [-0.1, -0.05) is 13.8 Å². The van der Waals surface area contributed by atoms with Crippen molar-refractivity contribution in [1.82, 2.24) is 0 Å². The zero-order valence-corrected chi connectivity index (χ0v) is 9.68. The largest absolute Gasteiger partial charge is 0.390 e. The fourth-order valence-electron chi connectivity index (χ4n) is 0.826. The molecule has 0 radical (unpaired) electrons. The Kier molecular flexibility index (Phi) is 4.93. The maximum atomic E-state index is 9.71. The molecule has 0 saturated heterocycles. The maximum absolute atomic E-state index is 9.71. The van der Waals surface area contributed by atoms with E-state index in [1.165, 1.54) is 0 Å². The Labute approximate surface area is 82.3 Å². The topological polar surface area (TPSA) is 29.5 Å². The van der Waals surface area contributed by atoms with E-state index in [0.717, 1.165) is 12.8 Å². The standard InChI is InChI=1S/C11H24O2/c1-6-10(3,4)13-9-8-11(5,12)7-2/h12H,6-9H2,1-5H3. The van der Waals surface area contributed by atoms with Crippen LogP contribution in [-0.4, -0.2) is 22.9 Å². The minimum atomic E-state index is -0.566. The van der Waals surface area contributed by atoms with E-state index in [2.05, 4.69) is 20.8 Å². The summed E-state index contributed by atoms with van der Waals surface area (Å²) in [5.41, 5.74) is -0.617. The monoisotopic (exact) mass is 188 g/mol. The number of aliphatic hydroxyl groups is 1. The van der Waals surface area contributed by atoms with Crippen LogP contribution in [0.15, 0.2) is 0 Å². The van der Waals surface area contributed by atoms with Gasteiger partial charge in [-0.25, -0.2) is 0 Å². The number of ether oxygens (including phenoxy) is 1. The number of hydrogen-bond donors (Lipinski definition) is 1. The lowest BCUT2D eigenvalue weighted by Crippen LogP contribution is -2.29. The van der Waals surface area contributed by atoms with Gasteiger partial charge in [0.05, 0.1) is 17.8 Å². The molecule has 0 aromatic heterocycles. The highest BCUT2D eigenvalue weighted by atomic mass is 16.5. The fourth-order valence-corrected chi connectivity index (χ4v) is 0.826. The maximum Gasteiger partial charge on any atom is 0.0639 e. The molecule has 0 aliphatic heterocycles. The van der Waals surface area contributed by atoms with Crippen molar-refractivity contribution in [2.24, 2.45) is 0 Å². The predicted molar refractivity (Wildman–Crippen MR) is 55.9 cm³/mol. The molecule has 0 spiro atoms. The zero-order chi connectivity index (χ0) is 10.5. The second-order valence-electron chi connectivity index (χ2n) is 4.56. The molecule has 80 valence electrons. The van der Waals surface area contributed by atoms with E-state index in [4.69, 9.17) is 4.74 Å². The van der Waals surface area contributed by atoms with Crippen LogP contribution in [0.3, 0.4) is 0 Å². The molecule has 0 saturated carbocycles. The summed E-state index contributed by atoms with van der Waals surface area (Å²) in [6, 6.07) is 0. The van der Waals surface area contributed by atoms with E-state index in [1.807, 2.05) is 13.8 Å². The van der Waals surface area contributed by atoms with E-state index in [0.29, 0.717) is 13.0 Å². The first-order valence-corrected chi connectivity index (χ1v) is 5.19. The first-order valence-electron chi connectivity index (χ1n) is 5.19. The molecule has 0 aliphatic carbocycles. The molecule has 1 unspecified atom stereocenters. The van der Waals surface area contributed by atoms with Crippen molar-refractivity contribution in [2.45, 2.75) is 65.1 Å². The van der Waals surface area contributed by atoms with Gasteiger partial charge in [0.25, 0.3) is 0 Å². The van der Waals surface area contributed by atoms with Crippen molar-refractivity contribution in [3.63, 3.8) is 0 Å². The second-order valence-corrected chi connectivity index (χ2v) is 4.56. The number of rotatable bonds is 6. The summed E-state index contributed by atoms with van der Waals surface area (Å²) in [6.45, 7) is 10.8. The van der Waals surface area contributed by atoms with E-state index in [-0.39, 0.29) is 5.60 Å². The lowest BCUT2D eigenvalue weighted by molar-refractivity contribution is -0.0529. The molecule has 0 amide bonds. The highest BCUT2D eigenvalue weighted by Crippen LogP contribution is 2.18. The normalized spacial score (nSPS) is 17.1. The molecule has 2 nitrogen and oxygen atoms in total. The van der Waals surface area contributed by atoms with Gasteiger partial charge in [0.1, 0.15) is 0 Å². The van der Waals surface area contributed by atoms with Crippen LogP contribution in [0.5, 0.6) is 0 Å². The van der Waals surface area contributed by atoms with Gasteiger partial charge in [-0.2, -0.15) is 0 Å². The smallest absolute Gasteiger partial charge is 0.0639 e. The van der Waals surface area contributed by atoms with E-state index in [9.17, 15) is 5.11 Å². The van der Waals surface area contributed by atoms with Crippen molar-refractivity contribution in [3.8, 4) is 0 Å². The van der Waals surface area contributed by atoms with E-state index in [1.54, 1.807) is 0 Å². The Hall–Kier alpha value is -0.0800. The summed E-state index contributed by atoms with van der Waals surface area (Å²) in [5.74, 6) is 0. The third-order valence-electron chi connectivity index (χ3n) is 2.75. The second kappa shape index (κ2) is 4.97. The highest BCUT2D eigenvalue weighted by Gasteiger charge is 2.20. The Bertz CT molecular complexity index is 123. The molecule has 13 heavy (non-hydrogen) atoms. The Balaban J connectivity index is 3.68. The van der Waals surface area contributed by atoms with Crippen LogP contribution in [0, 0.1) is 0 Å². The Morgan fingerprint density at radius 2 is 1.62 bits per heavy atom. The first kappa shape index (κ1) is 12.9. The lowest BCUT2D eigenvalue weighted by Gasteiger charge is -2.27. The summed E-state index contributed by atoms with van der Waals surface area (Å²) in [6.07, 6.45) is 2.50. The van der Waals surface area contributed by atoms with Crippen molar-refractivity contribution in [3.05, 3.63) is 0 Å². The van der Waals surface area contributed by atoms with Crippen LogP contribution < -0.4 is 0 Å². The molecule has 0 aromatic rings. The summed E-state index contributed by atoms with van der Waals surface area (Å²) >= 11 is 0. The van der Waals surface area contributed by atoms with Crippen LogP contribution in [0.4, 0.5) is 0 Å². The molecule has 0 aromatic carbocycles. The van der Waals surface area contributed by atoms with E-state index >= 15 is 0 Å². The van der Waals surface area contributed by atoms with Gasteiger partial charge in [-0.05, 0) is 40.0 Å². The summed E-state index contributed by atoms with van der Waals surface area (Å²) in [5, 5.41) is 9.71. The van der Waals surface area contributed by atoms with Gasteiger partial charge in [0.2, 0.25) is 0 Å². The van der Waals surface area contributed by atoms with Gasteiger partial charge in [-0.15, -0.1) is 0 Å². The fraction of sp³-hybridized carbons (Fsp3) is 1.00. The molecule has 1 N–H and O–H groups in total. The number of hydrogen-bond acceptors (Lipinski definition) is 2. The zero-order valence-electron chi connectivity index (χ0n) is 9.68. The average molecular weight is 188 g/mol. The van der Waals surface area contributed by atoms with Crippen LogP contribution >= 0.6 is 0 Å². The van der Waals surface area contributed by atoms with Gasteiger partial charge in [0.15, 0.2) is 0 Å². The Morgan fingerprint density at radius 3 is 2.00 bits per heavy atom. The van der Waals surface area contributed by atoms with Crippen LogP contribution in [-0.2, 0) is 4.74 Å². The minimum Gasteiger partial charge on any atom is -0.390 e. The van der Waals surface area contributed by atoms with Crippen molar-refractivity contribution in [1.29, 1.82) is 0 Å². The van der Waals surface area contributed by atoms with Gasteiger partial charge in [0, 0.05) is 0 Å². The highest BCUT2D eigenvalue weighted by molar-refractivity contribution is 4.71. The quantitative estimate of drug-likeness (QED) is 0.694. The molecule has 1 atom stereocenters. The summed E-state index contributed by atoms with van der Waals surface area (Å²) in [7, 11) is 0. The summed E-state index contributed by atoms with van der Waals surface area (Å²) in [4.78, 5) is 0. The molecular weight excluding hydrogens is 164 g/mol. The van der Waals surface area contributed by atoms with Gasteiger partial charge >= 0.3 is 0 Å². The first-order chi connectivity index (χ1) is 5.83. The van der Waals surface area contributed by atoms with Crippen LogP contribution in [0.2, 0.25) is 0 Å². The summed E-state index contributed by atoms with van der Waals surface area (Å²) < 4.78 is 5.66. The molecule has 0 fully saturated rings. The lowest BCUT2D eigenvalue weighted by atomic mass is 10.00. The van der Waals surface area contributed by atoms with E-state index < -0.39 is 5.60 Å². The van der Waals surface area contributed by atoms with Crippen molar-refractivity contribution >= 4 is 0 Å². The van der Waals surface area contributed by atoms with Gasteiger partial charge < -0.3 is 9.84 Å². The molecular formula is C11H24O2. The minimum absolute atomic E-state index is 0.0518. The van der Waals surface area contributed by atoms with Gasteiger partial charge in [-0.3, -0.25) is 0 Å². The molecule has 0 heterocycles. The molecule has 0 rings (SSSR count). The Morgan fingerprint density at radius 1 is 1.08 bits per heavy atom. The third kappa shape index (κ3) is 6.05. The molecule has 0 bridgehead atoms. The molecule has 2 heteroatoms. The molecule has 0 aliphatic rings. The van der Waals surface area contributed by atoms with Crippen molar-refractivity contribution < 1.29 is 9.84 Å². The van der Waals surface area contributed by atoms with Crippen molar-refractivity contribution in [2.75, 3.05) is 6.61 Å².